The van der Waals surface area contributed by atoms with Crippen molar-refractivity contribution < 1.29 is 9.18 Å². The molecule has 132 valence electrons. The molecular weight excluding hydrogens is 321 g/mol. The van der Waals surface area contributed by atoms with E-state index in [1.54, 1.807) is 29.4 Å². The standard InChI is InChI=1S/C18H22FN5O/c1-13-11-20-24(12-13)17-5-2-14(10-16(17)19)21-18(25)23-8-6-22(7-9-23)15-3-4-15/h2,5,10-12,15H,3-4,6-9H2,1H3,(H,21,25). The van der Waals surface area contributed by atoms with Crippen LogP contribution in [-0.2, 0) is 0 Å². The van der Waals surface area contributed by atoms with Crippen molar-refractivity contribution in [1.29, 1.82) is 0 Å². The van der Waals surface area contributed by atoms with E-state index >= 15 is 0 Å². The lowest BCUT2D eigenvalue weighted by Gasteiger charge is -2.34. The first kappa shape index (κ1) is 16.1. The van der Waals surface area contributed by atoms with Crippen LogP contribution in [-0.4, -0.2) is 57.8 Å². The number of anilines is 1. The van der Waals surface area contributed by atoms with Gasteiger partial charge < -0.3 is 10.2 Å². The number of aromatic nitrogens is 2. The third-order valence-corrected chi connectivity index (χ3v) is 4.82. The molecule has 0 bridgehead atoms. The van der Waals surface area contributed by atoms with Crippen LogP contribution < -0.4 is 5.32 Å². The Hall–Kier alpha value is -2.41. The molecule has 1 saturated heterocycles. The molecule has 4 rings (SSSR count). The number of hydrogen-bond acceptors (Lipinski definition) is 3. The minimum Gasteiger partial charge on any atom is -0.322 e. The highest BCUT2D eigenvalue weighted by atomic mass is 19.1. The van der Waals surface area contributed by atoms with Crippen LogP contribution in [0.15, 0.2) is 30.6 Å². The lowest BCUT2D eigenvalue weighted by Crippen LogP contribution is -2.50. The topological polar surface area (TPSA) is 53.4 Å². The van der Waals surface area contributed by atoms with Crippen LogP contribution >= 0.6 is 0 Å². The van der Waals surface area contributed by atoms with Crippen LogP contribution in [0.5, 0.6) is 0 Å². The van der Waals surface area contributed by atoms with Crippen molar-refractivity contribution in [1.82, 2.24) is 19.6 Å². The number of rotatable bonds is 3. The van der Waals surface area contributed by atoms with Crippen molar-refractivity contribution in [3.8, 4) is 5.69 Å². The fourth-order valence-electron chi connectivity index (χ4n) is 3.25. The molecule has 0 radical (unpaired) electrons. The van der Waals surface area contributed by atoms with Gasteiger partial charge in [-0.1, -0.05) is 0 Å². The van der Waals surface area contributed by atoms with Gasteiger partial charge in [-0.05, 0) is 43.5 Å². The van der Waals surface area contributed by atoms with Gasteiger partial charge in [-0.25, -0.2) is 13.9 Å². The minimum atomic E-state index is -0.417. The summed E-state index contributed by atoms with van der Waals surface area (Å²) in [4.78, 5) is 16.6. The van der Waals surface area contributed by atoms with Gasteiger partial charge in [-0.15, -0.1) is 0 Å². The zero-order valence-corrected chi connectivity index (χ0v) is 14.3. The van der Waals surface area contributed by atoms with Crippen LogP contribution in [0.2, 0.25) is 0 Å². The molecule has 2 aromatic rings. The molecule has 1 aromatic heterocycles. The third kappa shape index (κ3) is 3.51. The molecule has 1 aliphatic heterocycles. The smallest absolute Gasteiger partial charge is 0.321 e. The minimum absolute atomic E-state index is 0.169. The van der Waals surface area contributed by atoms with Crippen LogP contribution in [0, 0.1) is 12.7 Å². The van der Waals surface area contributed by atoms with E-state index < -0.39 is 5.82 Å². The molecule has 2 heterocycles. The maximum Gasteiger partial charge on any atom is 0.321 e. The summed E-state index contributed by atoms with van der Waals surface area (Å²) in [7, 11) is 0. The molecular formula is C18H22FN5O. The highest BCUT2D eigenvalue weighted by molar-refractivity contribution is 5.89. The Morgan fingerprint density at radius 2 is 2.00 bits per heavy atom. The van der Waals surface area contributed by atoms with Gasteiger partial charge in [-0.3, -0.25) is 4.90 Å². The molecule has 1 N–H and O–H groups in total. The van der Waals surface area contributed by atoms with Crippen molar-refractivity contribution in [2.75, 3.05) is 31.5 Å². The first-order chi connectivity index (χ1) is 12.1. The third-order valence-electron chi connectivity index (χ3n) is 4.82. The van der Waals surface area contributed by atoms with Gasteiger partial charge in [0.25, 0.3) is 0 Å². The summed E-state index contributed by atoms with van der Waals surface area (Å²) in [5.41, 5.74) is 1.78. The van der Waals surface area contributed by atoms with Gasteiger partial charge in [0.05, 0.1) is 6.20 Å². The summed E-state index contributed by atoms with van der Waals surface area (Å²) in [6.45, 7) is 5.18. The van der Waals surface area contributed by atoms with Crippen molar-refractivity contribution in [3.63, 3.8) is 0 Å². The second-order valence-electron chi connectivity index (χ2n) is 6.81. The molecule has 0 atom stereocenters. The van der Waals surface area contributed by atoms with Gasteiger partial charge in [0.15, 0.2) is 5.82 Å². The highest BCUT2D eigenvalue weighted by Gasteiger charge is 2.32. The maximum atomic E-state index is 14.4. The van der Waals surface area contributed by atoms with Gasteiger partial charge in [0, 0.05) is 44.1 Å². The summed E-state index contributed by atoms with van der Waals surface area (Å²) in [6.07, 6.45) is 6.01. The molecule has 2 aliphatic rings. The van der Waals surface area contributed by atoms with E-state index in [2.05, 4.69) is 15.3 Å². The molecule has 0 unspecified atom stereocenters. The van der Waals surface area contributed by atoms with E-state index in [0.29, 0.717) is 11.4 Å². The second-order valence-corrected chi connectivity index (χ2v) is 6.81. The summed E-state index contributed by atoms with van der Waals surface area (Å²) < 4.78 is 15.8. The van der Waals surface area contributed by atoms with Gasteiger partial charge in [0.2, 0.25) is 0 Å². The predicted octanol–water partition coefficient (Wildman–Crippen LogP) is 2.63. The van der Waals surface area contributed by atoms with Gasteiger partial charge in [0.1, 0.15) is 5.69 Å². The number of carbonyl (C=O) groups excluding carboxylic acids is 1. The predicted molar refractivity (Wildman–Crippen MR) is 93.4 cm³/mol. The molecule has 1 saturated carbocycles. The monoisotopic (exact) mass is 343 g/mol. The zero-order valence-electron chi connectivity index (χ0n) is 14.3. The van der Waals surface area contributed by atoms with E-state index in [9.17, 15) is 9.18 Å². The summed E-state index contributed by atoms with van der Waals surface area (Å²) in [5, 5.41) is 6.91. The quantitative estimate of drug-likeness (QED) is 0.932. The Balaban J connectivity index is 1.39. The Kier molecular flexibility index (Phi) is 4.17. The van der Waals surface area contributed by atoms with E-state index in [1.165, 1.54) is 23.6 Å². The van der Waals surface area contributed by atoms with E-state index in [1.807, 2.05) is 6.92 Å². The fraction of sp³-hybridized carbons (Fsp3) is 0.444. The molecule has 6 nitrogen and oxygen atoms in total. The maximum absolute atomic E-state index is 14.4. The number of amides is 2. The second kappa shape index (κ2) is 6.48. The number of benzene rings is 1. The lowest BCUT2D eigenvalue weighted by molar-refractivity contribution is 0.142. The Morgan fingerprint density at radius 1 is 1.24 bits per heavy atom. The van der Waals surface area contributed by atoms with Gasteiger partial charge in [-0.2, -0.15) is 5.10 Å². The molecule has 2 amide bonds. The van der Waals surface area contributed by atoms with Crippen molar-refractivity contribution in [3.05, 3.63) is 42.0 Å². The highest BCUT2D eigenvalue weighted by Crippen LogP contribution is 2.27. The first-order valence-corrected chi connectivity index (χ1v) is 8.71. The molecule has 25 heavy (non-hydrogen) atoms. The first-order valence-electron chi connectivity index (χ1n) is 8.71. The van der Waals surface area contributed by atoms with E-state index in [4.69, 9.17) is 0 Å². The summed E-state index contributed by atoms with van der Waals surface area (Å²) >= 11 is 0. The van der Waals surface area contributed by atoms with Crippen molar-refractivity contribution in [2.45, 2.75) is 25.8 Å². The number of piperazine rings is 1. The average Bonchev–Trinajstić information content (AvgIpc) is 3.37. The number of carbonyl (C=O) groups is 1. The number of hydrogen-bond donors (Lipinski definition) is 1. The number of aryl methyl sites for hydroxylation is 1. The summed E-state index contributed by atoms with van der Waals surface area (Å²) in [5.74, 6) is -0.417. The van der Waals surface area contributed by atoms with E-state index in [-0.39, 0.29) is 6.03 Å². The average molecular weight is 343 g/mol. The van der Waals surface area contributed by atoms with Crippen LogP contribution in [0.4, 0.5) is 14.9 Å². The van der Waals surface area contributed by atoms with Gasteiger partial charge >= 0.3 is 6.03 Å². The molecule has 7 heteroatoms. The number of urea groups is 1. The summed E-state index contributed by atoms with van der Waals surface area (Å²) in [6, 6.07) is 5.23. The Morgan fingerprint density at radius 3 is 2.60 bits per heavy atom. The normalized spacial score (nSPS) is 18.4. The van der Waals surface area contributed by atoms with Crippen LogP contribution in [0.25, 0.3) is 5.69 Å². The number of nitrogens with one attached hydrogen (secondary N) is 1. The van der Waals surface area contributed by atoms with Crippen molar-refractivity contribution >= 4 is 11.7 Å². The zero-order chi connectivity index (χ0) is 17.4. The number of halogens is 1. The van der Waals surface area contributed by atoms with Crippen LogP contribution in [0.3, 0.4) is 0 Å². The van der Waals surface area contributed by atoms with Crippen LogP contribution in [0.1, 0.15) is 18.4 Å². The number of nitrogens with zero attached hydrogens (tertiary/aromatic N) is 4. The molecule has 1 aliphatic carbocycles. The Bertz CT molecular complexity index is 778. The SMILES string of the molecule is Cc1cnn(-c2ccc(NC(=O)N3CCN(C4CC4)CC3)cc2F)c1. The fourth-order valence-corrected chi connectivity index (χ4v) is 3.25. The largest absolute Gasteiger partial charge is 0.322 e. The molecule has 0 spiro atoms. The lowest BCUT2D eigenvalue weighted by atomic mass is 10.2. The molecule has 2 fully saturated rings. The van der Waals surface area contributed by atoms with E-state index in [0.717, 1.165) is 37.8 Å². The molecule has 1 aromatic carbocycles. The van der Waals surface area contributed by atoms with Crippen molar-refractivity contribution in [2.24, 2.45) is 0 Å². The Labute approximate surface area is 146 Å².